The van der Waals surface area contributed by atoms with Gasteiger partial charge in [0, 0.05) is 12.0 Å². The van der Waals surface area contributed by atoms with Crippen LogP contribution in [0.3, 0.4) is 0 Å². The second-order valence-corrected chi connectivity index (χ2v) is 6.10. The number of rotatable bonds is 4. The molecule has 122 valence electrons. The topological polar surface area (TPSA) is 26.3 Å². The molecule has 4 rings (SSSR count). The molecule has 1 unspecified atom stereocenters. The van der Waals surface area contributed by atoms with E-state index in [1.807, 2.05) is 78.9 Å². The van der Waals surface area contributed by atoms with E-state index in [4.69, 9.17) is 4.74 Å². The Balaban J connectivity index is 1.83. The number of carbonyl (C=O) groups excluding carboxylic acids is 1. The molecule has 0 N–H and O–H groups in total. The Hall–Kier alpha value is -3.13. The van der Waals surface area contributed by atoms with E-state index < -0.39 is 0 Å². The highest BCUT2D eigenvalue weighted by atomic mass is 16.5. The molecule has 0 radical (unpaired) electrons. The molecule has 0 aliphatic carbocycles. The van der Waals surface area contributed by atoms with Crippen molar-refractivity contribution in [2.24, 2.45) is 0 Å². The molecule has 0 saturated heterocycles. The third-order valence-electron chi connectivity index (χ3n) is 4.46. The SMILES string of the molecule is O=C1OC(Cc2ccccc2)C(c2ccccc2)=C1c1ccccc1. The Morgan fingerprint density at radius 1 is 0.680 bits per heavy atom. The Morgan fingerprint density at radius 2 is 1.20 bits per heavy atom. The van der Waals surface area contributed by atoms with Crippen molar-refractivity contribution < 1.29 is 9.53 Å². The summed E-state index contributed by atoms with van der Waals surface area (Å²) in [7, 11) is 0. The molecule has 0 bridgehead atoms. The van der Waals surface area contributed by atoms with Gasteiger partial charge in [-0.25, -0.2) is 4.79 Å². The first-order valence-corrected chi connectivity index (χ1v) is 8.43. The maximum atomic E-state index is 12.7. The Kier molecular flexibility index (Phi) is 4.17. The largest absolute Gasteiger partial charge is 0.453 e. The van der Waals surface area contributed by atoms with E-state index in [1.165, 1.54) is 0 Å². The van der Waals surface area contributed by atoms with Gasteiger partial charge in [0.2, 0.25) is 0 Å². The lowest BCUT2D eigenvalue weighted by Crippen LogP contribution is -2.14. The molecule has 0 aromatic heterocycles. The number of hydrogen-bond donors (Lipinski definition) is 0. The van der Waals surface area contributed by atoms with Crippen molar-refractivity contribution in [3.8, 4) is 0 Å². The number of hydrogen-bond acceptors (Lipinski definition) is 2. The van der Waals surface area contributed by atoms with Crippen LogP contribution in [0.15, 0.2) is 91.0 Å². The van der Waals surface area contributed by atoms with Gasteiger partial charge in [0.05, 0.1) is 5.57 Å². The smallest absolute Gasteiger partial charge is 0.339 e. The van der Waals surface area contributed by atoms with Crippen LogP contribution in [0.2, 0.25) is 0 Å². The summed E-state index contributed by atoms with van der Waals surface area (Å²) >= 11 is 0. The predicted octanol–water partition coefficient (Wildman–Crippen LogP) is 4.77. The predicted molar refractivity (Wildman–Crippen MR) is 99.7 cm³/mol. The summed E-state index contributed by atoms with van der Waals surface area (Å²) in [6.07, 6.45) is 0.403. The van der Waals surface area contributed by atoms with Crippen LogP contribution >= 0.6 is 0 Å². The highest BCUT2D eigenvalue weighted by molar-refractivity contribution is 6.28. The van der Waals surface area contributed by atoms with E-state index in [0.29, 0.717) is 12.0 Å². The molecule has 25 heavy (non-hydrogen) atoms. The monoisotopic (exact) mass is 326 g/mol. The van der Waals surface area contributed by atoms with E-state index in [0.717, 1.165) is 22.3 Å². The summed E-state index contributed by atoms with van der Waals surface area (Å²) in [5.41, 5.74) is 4.74. The van der Waals surface area contributed by atoms with E-state index in [2.05, 4.69) is 12.1 Å². The molecule has 0 amide bonds. The fraction of sp³-hybridized carbons (Fsp3) is 0.0870. The van der Waals surface area contributed by atoms with Crippen LogP contribution in [-0.4, -0.2) is 12.1 Å². The normalized spacial score (nSPS) is 16.8. The zero-order valence-corrected chi connectivity index (χ0v) is 13.8. The minimum atomic E-state index is -0.271. The van der Waals surface area contributed by atoms with Crippen LogP contribution in [-0.2, 0) is 16.0 Å². The Morgan fingerprint density at radius 3 is 1.80 bits per heavy atom. The highest BCUT2D eigenvalue weighted by Gasteiger charge is 2.35. The van der Waals surface area contributed by atoms with Crippen molar-refractivity contribution in [2.75, 3.05) is 0 Å². The summed E-state index contributed by atoms with van der Waals surface area (Å²) in [4.78, 5) is 12.7. The molecule has 1 atom stereocenters. The molecule has 0 fully saturated rings. The Bertz CT molecular complexity index is 897. The maximum Gasteiger partial charge on any atom is 0.339 e. The van der Waals surface area contributed by atoms with Crippen LogP contribution in [0.5, 0.6) is 0 Å². The van der Waals surface area contributed by atoms with Crippen molar-refractivity contribution in [3.05, 3.63) is 108 Å². The molecule has 1 aliphatic heterocycles. The highest BCUT2D eigenvalue weighted by Crippen LogP contribution is 2.38. The third-order valence-corrected chi connectivity index (χ3v) is 4.46. The number of ether oxygens (including phenoxy) is 1. The van der Waals surface area contributed by atoms with Gasteiger partial charge >= 0.3 is 5.97 Å². The van der Waals surface area contributed by atoms with E-state index in [-0.39, 0.29) is 12.1 Å². The van der Waals surface area contributed by atoms with Crippen LogP contribution in [0.4, 0.5) is 0 Å². The van der Waals surface area contributed by atoms with Gasteiger partial charge in [0.1, 0.15) is 6.10 Å². The number of cyclic esters (lactones) is 1. The average Bonchev–Trinajstić information content (AvgIpc) is 2.99. The number of benzene rings is 3. The second-order valence-electron chi connectivity index (χ2n) is 6.10. The minimum Gasteiger partial charge on any atom is -0.453 e. The molecular weight excluding hydrogens is 308 g/mol. The molecule has 3 aromatic rings. The summed E-state index contributed by atoms with van der Waals surface area (Å²) in [6.45, 7) is 0. The summed E-state index contributed by atoms with van der Waals surface area (Å²) in [5.74, 6) is -0.244. The molecule has 0 spiro atoms. The van der Waals surface area contributed by atoms with Crippen LogP contribution in [0.1, 0.15) is 16.7 Å². The first-order chi connectivity index (χ1) is 12.3. The average molecular weight is 326 g/mol. The molecule has 1 aliphatic rings. The van der Waals surface area contributed by atoms with Gasteiger partial charge in [-0.05, 0) is 16.7 Å². The molecule has 2 nitrogen and oxygen atoms in total. The van der Waals surface area contributed by atoms with Crippen molar-refractivity contribution >= 4 is 17.1 Å². The molecule has 3 aromatic carbocycles. The quantitative estimate of drug-likeness (QED) is 0.646. The number of esters is 1. The van der Waals surface area contributed by atoms with Crippen LogP contribution in [0.25, 0.3) is 11.1 Å². The van der Waals surface area contributed by atoms with E-state index in [1.54, 1.807) is 0 Å². The van der Waals surface area contributed by atoms with Crippen LogP contribution in [0, 0.1) is 0 Å². The van der Waals surface area contributed by atoms with Crippen molar-refractivity contribution in [1.29, 1.82) is 0 Å². The summed E-state index contributed by atoms with van der Waals surface area (Å²) in [6, 6.07) is 30.0. The standard InChI is InChI=1S/C23H18O2/c24-23-22(19-14-8-3-9-15-19)21(18-12-6-2-7-13-18)20(25-23)16-17-10-4-1-5-11-17/h1-15,20H,16H2. The third kappa shape index (κ3) is 3.11. The van der Waals surface area contributed by atoms with E-state index >= 15 is 0 Å². The van der Waals surface area contributed by atoms with Gasteiger partial charge in [-0.15, -0.1) is 0 Å². The first-order valence-electron chi connectivity index (χ1n) is 8.43. The van der Waals surface area contributed by atoms with E-state index in [9.17, 15) is 4.79 Å². The summed E-state index contributed by atoms with van der Waals surface area (Å²) in [5, 5.41) is 0. The van der Waals surface area contributed by atoms with Gasteiger partial charge in [0.25, 0.3) is 0 Å². The van der Waals surface area contributed by atoms with Gasteiger partial charge in [0.15, 0.2) is 0 Å². The van der Waals surface area contributed by atoms with Crippen molar-refractivity contribution in [1.82, 2.24) is 0 Å². The number of carbonyl (C=O) groups is 1. The van der Waals surface area contributed by atoms with Crippen molar-refractivity contribution in [3.63, 3.8) is 0 Å². The molecule has 2 heteroatoms. The lowest BCUT2D eigenvalue weighted by Gasteiger charge is -2.15. The van der Waals surface area contributed by atoms with Crippen molar-refractivity contribution in [2.45, 2.75) is 12.5 Å². The van der Waals surface area contributed by atoms with Gasteiger partial charge in [-0.3, -0.25) is 0 Å². The van der Waals surface area contributed by atoms with Gasteiger partial charge < -0.3 is 4.74 Å². The Labute approximate surface area is 147 Å². The fourth-order valence-corrected chi connectivity index (χ4v) is 3.32. The minimum absolute atomic E-state index is 0.244. The molecule has 0 saturated carbocycles. The maximum absolute atomic E-state index is 12.7. The second kappa shape index (κ2) is 6.78. The molecular formula is C23H18O2. The first kappa shape index (κ1) is 15.4. The fourth-order valence-electron chi connectivity index (χ4n) is 3.32. The lowest BCUT2D eigenvalue weighted by atomic mass is 9.90. The zero-order chi connectivity index (χ0) is 17.1. The zero-order valence-electron chi connectivity index (χ0n) is 13.8. The van der Waals surface area contributed by atoms with Gasteiger partial charge in [-0.1, -0.05) is 91.0 Å². The van der Waals surface area contributed by atoms with Gasteiger partial charge in [-0.2, -0.15) is 0 Å². The summed E-state index contributed by atoms with van der Waals surface area (Å²) < 4.78 is 5.79. The lowest BCUT2D eigenvalue weighted by molar-refractivity contribution is -0.137. The molecule has 1 heterocycles. The van der Waals surface area contributed by atoms with Crippen LogP contribution < -0.4 is 0 Å².